The molecule has 2 aromatic rings. The average Bonchev–Trinajstić information content (AvgIpc) is 2.34. The number of hydrogen-bond donors (Lipinski definition) is 2. The molecular formula is C6H5N3S2. The summed E-state index contributed by atoms with van der Waals surface area (Å²) in [5.41, 5.74) is 5.65. The predicted octanol–water partition coefficient (Wildman–Crippen LogP) is 1.94. The van der Waals surface area contributed by atoms with Gasteiger partial charge in [-0.25, -0.2) is 4.98 Å². The summed E-state index contributed by atoms with van der Waals surface area (Å²) in [7, 11) is 0. The number of H-pyrrole nitrogens is 1. The minimum atomic E-state index is 0.442. The van der Waals surface area contributed by atoms with Crippen LogP contribution in [0.15, 0.2) is 11.4 Å². The zero-order valence-electron chi connectivity index (χ0n) is 5.50. The van der Waals surface area contributed by atoms with E-state index in [1.165, 1.54) is 11.3 Å². The summed E-state index contributed by atoms with van der Waals surface area (Å²) in [5, 5.41) is 2.89. The quantitative estimate of drug-likeness (QED) is 0.614. The fraction of sp³-hybridized carbons (Fsp3) is 0. The summed E-state index contributed by atoms with van der Waals surface area (Å²) in [5.74, 6) is 0.598. The molecule has 2 aromatic heterocycles. The molecule has 2 rings (SSSR count). The molecule has 0 radical (unpaired) electrons. The molecule has 0 saturated carbocycles. The van der Waals surface area contributed by atoms with Crippen molar-refractivity contribution in [3.8, 4) is 0 Å². The Kier molecular flexibility index (Phi) is 1.40. The minimum Gasteiger partial charge on any atom is -0.385 e. The fourth-order valence-corrected chi connectivity index (χ4v) is 1.94. The molecule has 0 fully saturated rings. The summed E-state index contributed by atoms with van der Waals surface area (Å²) in [6.07, 6.45) is 0. The van der Waals surface area contributed by atoms with Crippen molar-refractivity contribution in [1.82, 2.24) is 9.97 Å². The molecule has 0 spiro atoms. The molecule has 56 valence electrons. The number of fused-ring (bicyclic) bond motifs is 1. The highest BCUT2D eigenvalue weighted by Crippen LogP contribution is 2.21. The van der Waals surface area contributed by atoms with Gasteiger partial charge in [-0.2, -0.15) is 0 Å². The summed E-state index contributed by atoms with van der Waals surface area (Å²) in [6.45, 7) is 0. The number of thiophene rings is 1. The lowest BCUT2D eigenvalue weighted by Gasteiger charge is -1.93. The number of rotatable bonds is 0. The Morgan fingerprint density at radius 2 is 2.45 bits per heavy atom. The molecular weight excluding hydrogens is 178 g/mol. The van der Waals surface area contributed by atoms with E-state index in [9.17, 15) is 0 Å². The molecule has 3 N–H and O–H groups in total. The Hall–Kier alpha value is -0.940. The van der Waals surface area contributed by atoms with Gasteiger partial charge in [0.1, 0.15) is 10.6 Å². The molecule has 0 aromatic carbocycles. The van der Waals surface area contributed by atoms with E-state index < -0.39 is 0 Å². The van der Waals surface area contributed by atoms with Crippen LogP contribution in [-0.2, 0) is 0 Å². The normalized spacial score (nSPS) is 10.5. The minimum absolute atomic E-state index is 0.442. The number of aromatic amines is 1. The molecule has 3 nitrogen and oxygen atoms in total. The van der Waals surface area contributed by atoms with E-state index in [1.54, 1.807) is 0 Å². The summed E-state index contributed by atoms with van der Waals surface area (Å²) in [4.78, 5) is 7.78. The van der Waals surface area contributed by atoms with E-state index in [2.05, 4.69) is 9.97 Å². The Balaban J connectivity index is 3.02. The second-order valence-electron chi connectivity index (χ2n) is 2.10. The molecule has 2 heterocycles. The van der Waals surface area contributed by atoms with Crippen LogP contribution in [-0.4, -0.2) is 9.97 Å². The van der Waals surface area contributed by atoms with Gasteiger partial charge in [-0.05, 0) is 23.7 Å². The number of nitrogens with zero attached hydrogens (tertiary/aromatic N) is 1. The van der Waals surface area contributed by atoms with E-state index >= 15 is 0 Å². The van der Waals surface area contributed by atoms with Crippen molar-refractivity contribution in [3.63, 3.8) is 0 Å². The van der Waals surface area contributed by atoms with Gasteiger partial charge in [-0.3, -0.25) is 0 Å². The standard InChI is InChI=1S/C6H5N3S2/c7-4-3-1-2-11-5(3)9-6(10)8-4/h1-2H,(H3,7,8,9,10). The van der Waals surface area contributed by atoms with Crippen LogP contribution in [0, 0.1) is 4.77 Å². The molecule has 0 amide bonds. The summed E-state index contributed by atoms with van der Waals surface area (Å²) < 4.78 is 0.442. The predicted molar refractivity (Wildman–Crippen MR) is 49.2 cm³/mol. The molecule has 0 bridgehead atoms. The van der Waals surface area contributed by atoms with Crippen LogP contribution in [0.25, 0.3) is 10.2 Å². The Morgan fingerprint density at radius 3 is 3.27 bits per heavy atom. The maximum atomic E-state index is 5.65. The number of nitrogens with two attached hydrogens (primary N) is 1. The van der Waals surface area contributed by atoms with Gasteiger partial charge in [0.15, 0.2) is 4.77 Å². The molecule has 0 aliphatic carbocycles. The highest BCUT2D eigenvalue weighted by Gasteiger charge is 1.99. The molecule has 0 saturated heterocycles. The van der Waals surface area contributed by atoms with E-state index in [0.29, 0.717) is 10.6 Å². The van der Waals surface area contributed by atoms with E-state index in [4.69, 9.17) is 18.0 Å². The highest BCUT2D eigenvalue weighted by molar-refractivity contribution is 7.71. The summed E-state index contributed by atoms with van der Waals surface area (Å²) >= 11 is 6.39. The molecule has 0 unspecified atom stereocenters. The first-order valence-electron chi connectivity index (χ1n) is 3.00. The first-order chi connectivity index (χ1) is 5.27. The third kappa shape index (κ3) is 1.02. The lowest BCUT2D eigenvalue weighted by atomic mass is 10.4. The van der Waals surface area contributed by atoms with Crippen molar-refractivity contribution < 1.29 is 0 Å². The molecule has 11 heavy (non-hydrogen) atoms. The second kappa shape index (κ2) is 2.28. The SMILES string of the molecule is Nc1[nH]c(=S)nc2sccc12. The van der Waals surface area contributed by atoms with Crippen molar-refractivity contribution in [3.05, 3.63) is 16.2 Å². The number of nitrogens with one attached hydrogen (secondary N) is 1. The molecule has 0 aliphatic rings. The van der Waals surface area contributed by atoms with E-state index in [-0.39, 0.29) is 0 Å². The van der Waals surface area contributed by atoms with Gasteiger partial charge < -0.3 is 10.7 Å². The van der Waals surface area contributed by atoms with Crippen LogP contribution in [0.5, 0.6) is 0 Å². The number of hydrogen-bond acceptors (Lipinski definition) is 4. The maximum Gasteiger partial charge on any atom is 0.199 e. The van der Waals surface area contributed by atoms with E-state index in [1.807, 2.05) is 11.4 Å². The first kappa shape index (κ1) is 6.75. The molecule has 0 aliphatic heterocycles. The van der Waals surface area contributed by atoms with Gasteiger partial charge in [0.05, 0.1) is 5.39 Å². The van der Waals surface area contributed by atoms with Gasteiger partial charge in [0.25, 0.3) is 0 Å². The highest BCUT2D eigenvalue weighted by atomic mass is 32.1. The Labute approximate surface area is 71.9 Å². The number of aromatic nitrogens is 2. The van der Waals surface area contributed by atoms with E-state index in [0.717, 1.165) is 10.2 Å². The van der Waals surface area contributed by atoms with Gasteiger partial charge >= 0.3 is 0 Å². The first-order valence-corrected chi connectivity index (χ1v) is 4.29. The maximum absolute atomic E-state index is 5.65. The van der Waals surface area contributed by atoms with Gasteiger partial charge in [-0.1, -0.05) is 0 Å². The molecule has 0 atom stereocenters. The van der Waals surface area contributed by atoms with Crippen LogP contribution < -0.4 is 5.73 Å². The van der Waals surface area contributed by atoms with Crippen LogP contribution in [0.1, 0.15) is 0 Å². The van der Waals surface area contributed by atoms with Crippen molar-refractivity contribution in [2.75, 3.05) is 5.73 Å². The average molecular weight is 183 g/mol. The monoisotopic (exact) mass is 183 g/mol. The van der Waals surface area contributed by atoms with Gasteiger partial charge in [-0.15, -0.1) is 11.3 Å². The topological polar surface area (TPSA) is 54.7 Å². The van der Waals surface area contributed by atoms with Crippen LogP contribution in [0.3, 0.4) is 0 Å². The Morgan fingerprint density at radius 1 is 1.64 bits per heavy atom. The van der Waals surface area contributed by atoms with Crippen LogP contribution in [0.2, 0.25) is 0 Å². The zero-order valence-corrected chi connectivity index (χ0v) is 7.13. The molecule has 5 heteroatoms. The van der Waals surface area contributed by atoms with Crippen LogP contribution in [0.4, 0.5) is 5.82 Å². The van der Waals surface area contributed by atoms with Crippen molar-refractivity contribution in [2.24, 2.45) is 0 Å². The zero-order chi connectivity index (χ0) is 7.84. The lowest BCUT2D eigenvalue weighted by molar-refractivity contribution is 1.20. The second-order valence-corrected chi connectivity index (χ2v) is 3.38. The smallest absolute Gasteiger partial charge is 0.199 e. The largest absolute Gasteiger partial charge is 0.385 e. The van der Waals surface area contributed by atoms with Gasteiger partial charge in [0, 0.05) is 0 Å². The van der Waals surface area contributed by atoms with Gasteiger partial charge in [0.2, 0.25) is 0 Å². The third-order valence-electron chi connectivity index (χ3n) is 1.38. The lowest BCUT2D eigenvalue weighted by Crippen LogP contribution is -1.91. The van der Waals surface area contributed by atoms with Crippen molar-refractivity contribution >= 4 is 39.6 Å². The van der Waals surface area contributed by atoms with Crippen molar-refractivity contribution in [2.45, 2.75) is 0 Å². The number of nitrogen functional groups attached to an aromatic ring is 1. The fourth-order valence-electron chi connectivity index (χ4n) is 0.896. The summed E-state index contributed by atoms with van der Waals surface area (Å²) in [6, 6.07) is 1.92. The Bertz CT molecular complexity index is 442. The van der Waals surface area contributed by atoms with Crippen LogP contribution >= 0.6 is 23.6 Å². The third-order valence-corrected chi connectivity index (χ3v) is 2.38. The van der Waals surface area contributed by atoms with Crippen molar-refractivity contribution in [1.29, 1.82) is 0 Å². The number of anilines is 1.